The predicted octanol–water partition coefficient (Wildman–Crippen LogP) is 2.98. The first-order valence-corrected chi connectivity index (χ1v) is 9.31. The minimum atomic E-state index is -0.447. The predicted molar refractivity (Wildman–Crippen MR) is 91.4 cm³/mol. The number of aromatic nitrogens is 3. The summed E-state index contributed by atoms with van der Waals surface area (Å²) in [7, 11) is 0. The Hall–Kier alpha value is -0.940. The second kappa shape index (κ2) is 6.89. The molecule has 5 nitrogen and oxygen atoms in total. The highest BCUT2D eigenvalue weighted by molar-refractivity contribution is 5.01. The molecule has 0 atom stereocenters. The topological polar surface area (TPSA) is 54.2 Å². The van der Waals surface area contributed by atoms with Gasteiger partial charge in [-0.1, -0.05) is 6.92 Å². The first kappa shape index (κ1) is 16.9. The van der Waals surface area contributed by atoms with Gasteiger partial charge in [0.1, 0.15) is 12.2 Å². The molecule has 2 heterocycles. The third-order valence-electron chi connectivity index (χ3n) is 5.83. The molecule has 1 aliphatic carbocycles. The monoisotopic (exact) mass is 320 g/mol. The van der Waals surface area contributed by atoms with Crippen molar-refractivity contribution in [1.82, 2.24) is 19.7 Å². The first-order chi connectivity index (χ1) is 11.0. The number of β-amino-alcohol motifs (C(OH)–C–C–N with tert-alkyl or cyclic N) is 1. The zero-order valence-electron chi connectivity index (χ0n) is 14.9. The molecule has 23 heavy (non-hydrogen) atoms. The Labute approximate surface area is 140 Å². The van der Waals surface area contributed by atoms with E-state index in [1.807, 2.05) is 6.33 Å². The SMILES string of the molecule is CC1CCC(O)(CN2CCC(c3nncn3C(C)C)CC2)CC1. The lowest BCUT2D eigenvalue weighted by Crippen LogP contribution is -2.47. The van der Waals surface area contributed by atoms with E-state index in [0.29, 0.717) is 12.0 Å². The van der Waals surface area contributed by atoms with E-state index in [1.54, 1.807) is 0 Å². The highest BCUT2D eigenvalue weighted by Gasteiger charge is 2.35. The van der Waals surface area contributed by atoms with Gasteiger partial charge in [-0.3, -0.25) is 0 Å². The van der Waals surface area contributed by atoms with Gasteiger partial charge in [0.25, 0.3) is 0 Å². The summed E-state index contributed by atoms with van der Waals surface area (Å²) in [5, 5.41) is 19.3. The normalized spacial score (nSPS) is 30.9. The number of nitrogens with zero attached hydrogens (tertiary/aromatic N) is 4. The number of rotatable bonds is 4. The molecular formula is C18H32N4O. The fourth-order valence-corrected chi connectivity index (χ4v) is 4.16. The number of piperidine rings is 1. The van der Waals surface area contributed by atoms with E-state index in [0.717, 1.165) is 57.1 Å². The summed E-state index contributed by atoms with van der Waals surface area (Å²) in [6.07, 6.45) is 8.38. The molecular weight excluding hydrogens is 288 g/mol. The van der Waals surface area contributed by atoms with Crippen molar-refractivity contribution in [3.63, 3.8) is 0 Å². The van der Waals surface area contributed by atoms with Crippen molar-refractivity contribution in [3.8, 4) is 0 Å². The van der Waals surface area contributed by atoms with Crippen LogP contribution in [0, 0.1) is 5.92 Å². The Morgan fingerprint density at radius 3 is 2.48 bits per heavy atom. The van der Waals surface area contributed by atoms with E-state index in [9.17, 15) is 5.11 Å². The molecule has 1 aromatic rings. The third-order valence-corrected chi connectivity index (χ3v) is 5.83. The van der Waals surface area contributed by atoms with Crippen LogP contribution in [0.1, 0.15) is 77.1 Å². The average molecular weight is 320 g/mol. The molecule has 1 saturated heterocycles. The molecule has 0 radical (unpaired) electrons. The van der Waals surface area contributed by atoms with Crippen LogP contribution in [0.3, 0.4) is 0 Å². The van der Waals surface area contributed by atoms with Crippen molar-refractivity contribution in [2.45, 2.75) is 76.9 Å². The molecule has 3 rings (SSSR count). The average Bonchev–Trinajstić information content (AvgIpc) is 3.01. The van der Waals surface area contributed by atoms with Crippen LogP contribution in [0.25, 0.3) is 0 Å². The molecule has 1 saturated carbocycles. The molecule has 2 aliphatic rings. The summed E-state index contributed by atoms with van der Waals surface area (Å²) in [6.45, 7) is 9.64. The third kappa shape index (κ3) is 3.94. The van der Waals surface area contributed by atoms with E-state index in [2.05, 4.69) is 40.4 Å². The molecule has 0 bridgehead atoms. The van der Waals surface area contributed by atoms with Gasteiger partial charge in [0.2, 0.25) is 0 Å². The van der Waals surface area contributed by atoms with Gasteiger partial charge < -0.3 is 14.6 Å². The van der Waals surface area contributed by atoms with Crippen molar-refractivity contribution in [2.24, 2.45) is 5.92 Å². The van der Waals surface area contributed by atoms with E-state index in [4.69, 9.17) is 0 Å². The van der Waals surface area contributed by atoms with Crippen LogP contribution >= 0.6 is 0 Å². The fourth-order valence-electron chi connectivity index (χ4n) is 4.16. The summed E-state index contributed by atoms with van der Waals surface area (Å²) in [5.41, 5.74) is -0.447. The standard InChI is InChI=1S/C18H32N4O/c1-14(2)22-13-19-20-17(22)16-6-10-21(11-7-16)12-18(23)8-4-15(3)5-9-18/h13-16,23H,4-12H2,1-3H3. The largest absolute Gasteiger partial charge is 0.389 e. The van der Waals surface area contributed by atoms with Crippen molar-refractivity contribution >= 4 is 0 Å². The minimum absolute atomic E-state index is 0.419. The lowest BCUT2D eigenvalue weighted by molar-refractivity contribution is -0.0393. The molecule has 2 fully saturated rings. The van der Waals surface area contributed by atoms with Gasteiger partial charge in [0.15, 0.2) is 0 Å². The van der Waals surface area contributed by atoms with Crippen LogP contribution < -0.4 is 0 Å². The molecule has 0 aromatic carbocycles. The van der Waals surface area contributed by atoms with Crippen LogP contribution in [-0.2, 0) is 0 Å². The fraction of sp³-hybridized carbons (Fsp3) is 0.889. The zero-order valence-corrected chi connectivity index (χ0v) is 14.9. The van der Waals surface area contributed by atoms with E-state index in [1.165, 1.54) is 12.8 Å². The Kier molecular flexibility index (Phi) is 5.07. The summed E-state index contributed by atoms with van der Waals surface area (Å²) in [5.74, 6) is 2.44. The van der Waals surface area contributed by atoms with Gasteiger partial charge >= 0.3 is 0 Å². The lowest BCUT2D eigenvalue weighted by atomic mass is 9.79. The van der Waals surface area contributed by atoms with Gasteiger partial charge in [0.05, 0.1) is 5.60 Å². The number of hydrogen-bond donors (Lipinski definition) is 1. The van der Waals surface area contributed by atoms with E-state index >= 15 is 0 Å². The molecule has 5 heteroatoms. The van der Waals surface area contributed by atoms with Crippen molar-refractivity contribution < 1.29 is 5.11 Å². The van der Waals surface area contributed by atoms with Crippen molar-refractivity contribution in [1.29, 1.82) is 0 Å². The molecule has 1 aliphatic heterocycles. The van der Waals surface area contributed by atoms with E-state index in [-0.39, 0.29) is 0 Å². The van der Waals surface area contributed by atoms with Crippen LogP contribution in [0.2, 0.25) is 0 Å². The summed E-state index contributed by atoms with van der Waals surface area (Å²) >= 11 is 0. The molecule has 1 N–H and O–H groups in total. The summed E-state index contributed by atoms with van der Waals surface area (Å²) in [6, 6.07) is 0.419. The maximum atomic E-state index is 10.8. The highest BCUT2D eigenvalue weighted by atomic mass is 16.3. The van der Waals surface area contributed by atoms with Gasteiger partial charge in [-0.15, -0.1) is 10.2 Å². The van der Waals surface area contributed by atoms with E-state index < -0.39 is 5.60 Å². The summed E-state index contributed by atoms with van der Waals surface area (Å²) in [4.78, 5) is 2.46. The second-order valence-electron chi connectivity index (χ2n) is 8.15. The molecule has 0 amide bonds. The number of hydrogen-bond acceptors (Lipinski definition) is 4. The Morgan fingerprint density at radius 1 is 1.22 bits per heavy atom. The number of aliphatic hydroxyl groups is 1. The maximum Gasteiger partial charge on any atom is 0.136 e. The van der Waals surface area contributed by atoms with Crippen LogP contribution in [0.4, 0.5) is 0 Å². The molecule has 0 unspecified atom stereocenters. The van der Waals surface area contributed by atoms with Crippen molar-refractivity contribution in [3.05, 3.63) is 12.2 Å². The Bertz CT molecular complexity index is 497. The van der Waals surface area contributed by atoms with Gasteiger partial charge in [-0.2, -0.15) is 0 Å². The Morgan fingerprint density at radius 2 is 1.87 bits per heavy atom. The smallest absolute Gasteiger partial charge is 0.136 e. The van der Waals surface area contributed by atoms with Crippen LogP contribution in [-0.4, -0.2) is 50.0 Å². The number of likely N-dealkylation sites (tertiary alicyclic amines) is 1. The highest BCUT2D eigenvalue weighted by Crippen LogP contribution is 2.34. The quantitative estimate of drug-likeness (QED) is 0.926. The minimum Gasteiger partial charge on any atom is -0.389 e. The second-order valence-corrected chi connectivity index (χ2v) is 8.15. The first-order valence-electron chi connectivity index (χ1n) is 9.31. The maximum absolute atomic E-state index is 10.8. The zero-order chi connectivity index (χ0) is 16.4. The summed E-state index contributed by atoms with van der Waals surface area (Å²) < 4.78 is 2.20. The molecule has 130 valence electrons. The molecule has 0 spiro atoms. The molecule has 1 aromatic heterocycles. The lowest BCUT2D eigenvalue weighted by Gasteiger charge is -2.41. The van der Waals surface area contributed by atoms with Gasteiger partial charge in [0, 0.05) is 18.5 Å². The van der Waals surface area contributed by atoms with Crippen molar-refractivity contribution in [2.75, 3.05) is 19.6 Å². The van der Waals surface area contributed by atoms with Crippen LogP contribution in [0.15, 0.2) is 6.33 Å². The van der Waals surface area contributed by atoms with Gasteiger partial charge in [-0.25, -0.2) is 0 Å². The van der Waals surface area contributed by atoms with Crippen LogP contribution in [0.5, 0.6) is 0 Å². The Balaban J connectivity index is 1.53. The van der Waals surface area contributed by atoms with Gasteiger partial charge in [-0.05, 0) is 71.4 Å².